The minimum atomic E-state index is -0.976. The molecule has 4 aromatic carbocycles. The third-order valence-electron chi connectivity index (χ3n) is 7.31. The van der Waals surface area contributed by atoms with Gasteiger partial charge in [-0.3, -0.25) is 4.57 Å². The lowest BCUT2D eigenvalue weighted by Gasteiger charge is -2.37. The normalized spacial score (nSPS) is 12.6. The Balaban J connectivity index is 1.47. The van der Waals surface area contributed by atoms with E-state index in [9.17, 15) is 5.11 Å². The minimum Gasteiger partial charge on any atom is -0.427 e. The first kappa shape index (κ1) is 23.9. The number of benzene rings is 4. The summed E-state index contributed by atoms with van der Waals surface area (Å²) in [4.78, 5) is 5.04. The summed E-state index contributed by atoms with van der Waals surface area (Å²) in [5.74, 6) is 0.923. The SMILES string of the molecule is CC(C)(O)C(C)(C)O[B]c1cccc2c1sc1ccc(-c3nc4ccccc4n3-c3ccccc3)cc12. The summed E-state index contributed by atoms with van der Waals surface area (Å²) >= 11 is 1.75. The Morgan fingerprint density at radius 1 is 0.838 bits per heavy atom. The fourth-order valence-corrected chi connectivity index (χ4v) is 5.62. The Labute approximate surface area is 221 Å². The van der Waals surface area contributed by atoms with Gasteiger partial charge in [0.2, 0.25) is 0 Å². The van der Waals surface area contributed by atoms with Gasteiger partial charge in [0.1, 0.15) is 5.82 Å². The van der Waals surface area contributed by atoms with Crippen LogP contribution in [0, 0.1) is 0 Å². The van der Waals surface area contributed by atoms with Gasteiger partial charge < -0.3 is 9.76 Å². The lowest BCUT2D eigenvalue weighted by molar-refractivity contribution is -0.0893. The number of para-hydroxylation sites is 3. The number of hydrogen-bond donors (Lipinski definition) is 1. The number of hydrogen-bond acceptors (Lipinski definition) is 4. The zero-order valence-electron chi connectivity index (χ0n) is 21.4. The molecule has 0 atom stereocenters. The predicted octanol–water partition coefficient (Wildman–Crippen LogP) is 6.87. The van der Waals surface area contributed by atoms with Gasteiger partial charge in [-0.25, -0.2) is 4.98 Å². The van der Waals surface area contributed by atoms with Crippen molar-refractivity contribution in [2.24, 2.45) is 0 Å². The van der Waals surface area contributed by atoms with Crippen LogP contribution >= 0.6 is 11.3 Å². The molecule has 0 aliphatic carbocycles. The second-order valence-electron chi connectivity index (χ2n) is 10.4. The van der Waals surface area contributed by atoms with Gasteiger partial charge >= 0.3 is 7.48 Å². The Hall–Kier alpha value is -3.45. The molecule has 0 bridgehead atoms. The van der Waals surface area contributed by atoms with Gasteiger partial charge in [0, 0.05) is 26.0 Å². The van der Waals surface area contributed by atoms with E-state index in [-0.39, 0.29) is 0 Å². The zero-order chi connectivity index (χ0) is 25.8. The highest BCUT2D eigenvalue weighted by Gasteiger charge is 2.36. The van der Waals surface area contributed by atoms with E-state index in [0.717, 1.165) is 38.3 Å². The fraction of sp³-hybridized carbons (Fsp3) is 0.194. The van der Waals surface area contributed by atoms with E-state index >= 15 is 0 Å². The number of aliphatic hydroxyl groups is 1. The van der Waals surface area contributed by atoms with Crippen molar-refractivity contribution < 1.29 is 9.76 Å². The molecule has 2 heterocycles. The van der Waals surface area contributed by atoms with E-state index in [2.05, 4.69) is 83.4 Å². The van der Waals surface area contributed by atoms with Crippen LogP contribution in [0.15, 0.2) is 91.0 Å². The molecule has 1 N–H and O–H groups in total. The molecule has 6 rings (SSSR count). The molecule has 0 spiro atoms. The second-order valence-corrected chi connectivity index (χ2v) is 11.5. The van der Waals surface area contributed by atoms with Crippen LogP contribution in [0.25, 0.3) is 48.3 Å². The summed E-state index contributed by atoms with van der Waals surface area (Å²) in [5.41, 5.74) is 3.52. The van der Waals surface area contributed by atoms with Crippen molar-refractivity contribution in [2.75, 3.05) is 0 Å². The summed E-state index contributed by atoms with van der Waals surface area (Å²) < 4.78 is 10.7. The first-order valence-electron chi connectivity index (χ1n) is 12.4. The molecule has 0 saturated heterocycles. The summed E-state index contributed by atoms with van der Waals surface area (Å²) in [6.45, 7) is 7.34. The Morgan fingerprint density at radius 2 is 1.59 bits per heavy atom. The van der Waals surface area contributed by atoms with E-state index in [1.54, 1.807) is 32.7 Å². The average Bonchev–Trinajstić information content (AvgIpc) is 3.46. The van der Waals surface area contributed by atoms with Gasteiger partial charge in [0.25, 0.3) is 0 Å². The average molecular weight is 503 g/mol. The van der Waals surface area contributed by atoms with Crippen LogP contribution in [-0.4, -0.2) is 33.3 Å². The van der Waals surface area contributed by atoms with E-state index in [1.807, 2.05) is 26.0 Å². The second kappa shape index (κ2) is 8.84. The Bertz CT molecular complexity index is 1750. The van der Waals surface area contributed by atoms with Crippen LogP contribution in [0.3, 0.4) is 0 Å². The maximum absolute atomic E-state index is 10.5. The molecule has 0 unspecified atom stereocenters. The number of rotatable bonds is 6. The molecule has 6 heteroatoms. The quantitative estimate of drug-likeness (QED) is 0.252. The topological polar surface area (TPSA) is 47.3 Å². The van der Waals surface area contributed by atoms with Gasteiger partial charge in [0.05, 0.1) is 22.2 Å². The minimum absolute atomic E-state index is 0.727. The maximum Gasteiger partial charge on any atom is 0.332 e. The largest absolute Gasteiger partial charge is 0.427 e. The monoisotopic (exact) mass is 503 g/mol. The van der Waals surface area contributed by atoms with Crippen molar-refractivity contribution in [1.29, 1.82) is 0 Å². The van der Waals surface area contributed by atoms with Crippen LogP contribution in [0.5, 0.6) is 0 Å². The molecule has 2 aromatic heterocycles. The Kier molecular flexibility index (Phi) is 5.72. The molecule has 0 aliphatic heterocycles. The molecule has 0 fully saturated rings. The van der Waals surface area contributed by atoms with Gasteiger partial charge in [-0.15, -0.1) is 11.3 Å². The molecular formula is C31H28BN2O2S. The molecule has 0 saturated carbocycles. The number of imidazole rings is 1. The third kappa shape index (κ3) is 4.15. The summed E-state index contributed by atoms with van der Waals surface area (Å²) in [7, 11) is 1.78. The molecular weight excluding hydrogens is 475 g/mol. The molecule has 1 radical (unpaired) electrons. The van der Waals surface area contributed by atoms with Crippen LogP contribution in [0.4, 0.5) is 0 Å². The van der Waals surface area contributed by atoms with E-state index in [0.29, 0.717) is 0 Å². The van der Waals surface area contributed by atoms with Crippen molar-refractivity contribution in [3.8, 4) is 17.1 Å². The summed E-state index contributed by atoms with van der Waals surface area (Å²) in [6.07, 6.45) is 0. The lowest BCUT2D eigenvalue weighted by atomic mass is 9.82. The third-order valence-corrected chi connectivity index (χ3v) is 8.55. The highest BCUT2D eigenvalue weighted by atomic mass is 32.1. The standard InChI is InChI=1S/C31H28BN2O2S/c1-30(2,35)31(3,4)36-32-24-14-10-13-22-23-19-20(17-18-27(23)37-28(22)24)29-33-25-15-8-9-16-26(25)34(29)21-11-6-5-7-12-21/h5-19,35H,1-4H3. The smallest absolute Gasteiger partial charge is 0.332 e. The van der Waals surface area contributed by atoms with Crippen molar-refractivity contribution >= 4 is 55.5 Å². The number of nitrogens with zero attached hydrogens (tertiary/aromatic N) is 2. The summed E-state index contributed by atoms with van der Waals surface area (Å²) in [5, 5.41) is 12.9. The van der Waals surface area contributed by atoms with Crippen LogP contribution in [-0.2, 0) is 4.65 Å². The van der Waals surface area contributed by atoms with E-state index in [1.165, 1.54) is 15.5 Å². The van der Waals surface area contributed by atoms with Crippen LogP contribution in [0.1, 0.15) is 27.7 Å². The molecule has 4 nitrogen and oxygen atoms in total. The van der Waals surface area contributed by atoms with Gasteiger partial charge in [0.15, 0.2) is 0 Å². The first-order chi connectivity index (χ1) is 17.7. The Morgan fingerprint density at radius 3 is 2.38 bits per heavy atom. The van der Waals surface area contributed by atoms with Crippen molar-refractivity contribution in [3.05, 3.63) is 91.0 Å². The van der Waals surface area contributed by atoms with Gasteiger partial charge in [-0.2, -0.15) is 0 Å². The van der Waals surface area contributed by atoms with Crippen molar-refractivity contribution in [3.63, 3.8) is 0 Å². The molecule has 37 heavy (non-hydrogen) atoms. The van der Waals surface area contributed by atoms with Crippen LogP contribution < -0.4 is 5.46 Å². The van der Waals surface area contributed by atoms with Gasteiger partial charge in [-0.1, -0.05) is 48.5 Å². The highest BCUT2D eigenvalue weighted by Crippen LogP contribution is 2.37. The predicted molar refractivity (Wildman–Crippen MR) is 156 cm³/mol. The maximum atomic E-state index is 10.5. The molecule has 6 aromatic rings. The lowest BCUT2D eigenvalue weighted by Crippen LogP contribution is -2.49. The van der Waals surface area contributed by atoms with Crippen molar-refractivity contribution in [2.45, 2.75) is 38.9 Å². The fourth-order valence-electron chi connectivity index (χ4n) is 4.47. The van der Waals surface area contributed by atoms with Gasteiger partial charge in [-0.05, 0) is 81.0 Å². The highest BCUT2D eigenvalue weighted by molar-refractivity contribution is 7.27. The first-order valence-corrected chi connectivity index (χ1v) is 13.3. The number of thiophene rings is 1. The van der Waals surface area contributed by atoms with E-state index < -0.39 is 11.2 Å². The summed E-state index contributed by atoms with van der Waals surface area (Å²) in [6, 6.07) is 31.6. The number of aromatic nitrogens is 2. The molecule has 0 amide bonds. The zero-order valence-corrected chi connectivity index (χ0v) is 22.2. The molecule has 183 valence electrons. The van der Waals surface area contributed by atoms with Crippen molar-refractivity contribution in [1.82, 2.24) is 9.55 Å². The molecule has 0 aliphatic rings. The van der Waals surface area contributed by atoms with E-state index in [4.69, 9.17) is 9.64 Å². The van der Waals surface area contributed by atoms with Crippen LogP contribution in [0.2, 0.25) is 0 Å². The number of fused-ring (bicyclic) bond motifs is 4.